The number of rotatable bonds is 5. The Kier molecular flexibility index (Phi) is 4.86. The average molecular weight is 411 g/mol. The highest BCUT2D eigenvalue weighted by molar-refractivity contribution is 7.13. The first-order chi connectivity index (χ1) is 13.3. The normalized spacial score (nSPS) is 15.0. The van der Waals surface area contributed by atoms with Gasteiger partial charge in [0.1, 0.15) is 5.82 Å². The molecule has 7 nitrogen and oxygen atoms in total. The Morgan fingerprint density at radius 3 is 2.61 bits per heavy atom. The minimum atomic E-state index is -4.61. The summed E-state index contributed by atoms with van der Waals surface area (Å²) in [5.74, 6) is -0.728. The van der Waals surface area contributed by atoms with Crippen molar-refractivity contribution in [1.29, 1.82) is 0 Å². The lowest BCUT2D eigenvalue weighted by molar-refractivity contribution is -0.146. The van der Waals surface area contributed by atoms with Crippen LogP contribution in [0.3, 0.4) is 0 Å². The predicted molar refractivity (Wildman–Crippen MR) is 101 cm³/mol. The standard InChI is InChI=1S/C17H20F3N7S/c1-10-11(2)14-23-24-15(17(18,19)20)27(14)25-13(10)21-6-5-12-9-28-16(22-12)26-7-3-4-8-26/h9H,3-8H2,1-2H3,(H,21,25). The maximum Gasteiger partial charge on any atom is 0.453 e. The number of halogens is 3. The summed E-state index contributed by atoms with van der Waals surface area (Å²) in [5.41, 5.74) is 2.45. The smallest absolute Gasteiger partial charge is 0.368 e. The maximum atomic E-state index is 13.1. The van der Waals surface area contributed by atoms with Crippen LogP contribution >= 0.6 is 11.3 Å². The highest BCUT2D eigenvalue weighted by atomic mass is 32.1. The molecule has 0 saturated carbocycles. The number of nitrogens with zero attached hydrogens (tertiary/aromatic N) is 6. The van der Waals surface area contributed by atoms with E-state index in [2.05, 4.69) is 30.5 Å². The minimum absolute atomic E-state index is 0.116. The summed E-state index contributed by atoms with van der Waals surface area (Å²) in [6.07, 6.45) is -1.55. The first kappa shape index (κ1) is 18.9. The van der Waals surface area contributed by atoms with Crippen LogP contribution in [0, 0.1) is 13.8 Å². The quantitative estimate of drug-likeness (QED) is 0.693. The molecule has 1 aliphatic heterocycles. The van der Waals surface area contributed by atoms with Gasteiger partial charge in [0.2, 0.25) is 0 Å². The van der Waals surface area contributed by atoms with Crippen LogP contribution < -0.4 is 10.2 Å². The van der Waals surface area contributed by atoms with Crippen LogP contribution in [0.2, 0.25) is 0 Å². The van der Waals surface area contributed by atoms with E-state index in [0.29, 0.717) is 24.3 Å². The monoisotopic (exact) mass is 411 g/mol. The van der Waals surface area contributed by atoms with Crippen molar-refractivity contribution >= 4 is 27.9 Å². The molecule has 4 heterocycles. The van der Waals surface area contributed by atoms with Gasteiger partial charge >= 0.3 is 6.18 Å². The van der Waals surface area contributed by atoms with E-state index in [1.165, 1.54) is 12.8 Å². The average Bonchev–Trinajstić information content (AvgIpc) is 3.37. The fraction of sp³-hybridized carbons (Fsp3) is 0.529. The first-order valence-electron chi connectivity index (χ1n) is 9.07. The number of thiazole rings is 1. The molecule has 0 unspecified atom stereocenters. The van der Waals surface area contributed by atoms with Crippen LogP contribution in [-0.2, 0) is 12.6 Å². The largest absolute Gasteiger partial charge is 0.453 e. The highest BCUT2D eigenvalue weighted by Crippen LogP contribution is 2.30. The number of hydrogen-bond donors (Lipinski definition) is 1. The molecule has 150 valence electrons. The number of aromatic nitrogens is 5. The SMILES string of the molecule is Cc1c(NCCc2csc(N3CCCC3)n2)nn2c(C(F)(F)F)nnc2c1C. The van der Waals surface area contributed by atoms with Crippen molar-refractivity contribution in [2.24, 2.45) is 0 Å². The molecule has 1 saturated heterocycles. The van der Waals surface area contributed by atoms with Gasteiger partial charge in [-0.2, -0.15) is 17.7 Å². The molecule has 0 amide bonds. The number of anilines is 2. The van der Waals surface area contributed by atoms with Crippen LogP contribution in [0.1, 0.15) is 35.5 Å². The van der Waals surface area contributed by atoms with E-state index in [9.17, 15) is 13.2 Å². The zero-order valence-electron chi connectivity index (χ0n) is 15.5. The zero-order valence-corrected chi connectivity index (χ0v) is 16.4. The van der Waals surface area contributed by atoms with Crippen LogP contribution in [0.5, 0.6) is 0 Å². The molecule has 0 bridgehead atoms. The van der Waals surface area contributed by atoms with Crippen LogP contribution in [-0.4, -0.2) is 44.4 Å². The molecule has 28 heavy (non-hydrogen) atoms. The Labute approximate surface area is 163 Å². The molecular formula is C17H20F3N7S. The third-order valence-corrected chi connectivity index (χ3v) is 5.89. The summed E-state index contributed by atoms with van der Waals surface area (Å²) in [6, 6.07) is 0. The van der Waals surface area contributed by atoms with Crippen molar-refractivity contribution in [3.8, 4) is 0 Å². The van der Waals surface area contributed by atoms with Crippen molar-refractivity contribution in [1.82, 2.24) is 24.8 Å². The van der Waals surface area contributed by atoms with Gasteiger partial charge in [0.05, 0.1) is 5.69 Å². The van der Waals surface area contributed by atoms with E-state index in [1.54, 1.807) is 25.2 Å². The molecule has 3 aromatic rings. The molecule has 3 aromatic heterocycles. The Balaban J connectivity index is 1.49. The Morgan fingerprint density at radius 2 is 1.89 bits per heavy atom. The topological polar surface area (TPSA) is 71.2 Å². The van der Waals surface area contributed by atoms with E-state index >= 15 is 0 Å². The lowest BCUT2D eigenvalue weighted by Gasteiger charge is -2.13. The second-order valence-electron chi connectivity index (χ2n) is 6.85. The molecule has 0 aromatic carbocycles. The number of fused-ring (bicyclic) bond motifs is 1. The maximum absolute atomic E-state index is 13.1. The molecule has 0 spiro atoms. The van der Waals surface area contributed by atoms with Crippen LogP contribution in [0.4, 0.5) is 24.1 Å². The van der Waals surface area contributed by atoms with Gasteiger partial charge in [0.15, 0.2) is 10.8 Å². The van der Waals surface area contributed by atoms with Crippen molar-refractivity contribution in [2.45, 2.75) is 39.3 Å². The third-order valence-electron chi connectivity index (χ3n) is 4.94. The van der Waals surface area contributed by atoms with Gasteiger partial charge in [-0.1, -0.05) is 0 Å². The molecule has 1 N–H and O–H groups in total. The van der Waals surface area contributed by atoms with E-state index < -0.39 is 12.0 Å². The first-order valence-corrected chi connectivity index (χ1v) is 9.95. The lowest BCUT2D eigenvalue weighted by atomic mass is 10.2. The Hall–Kier alpha value is -2.43. The van der Waals surface area contributed by atoms with Crippen LogP contribution in [0.25, 0.3) is 5.65 Å². The fourth-order valence-electron chi connectivity index (χ4n) is 3.25. The number of nitrogens with one attached hydrogen (secondary N) is 1. The zero-order chi connectivity index (χ0) is 19.9. The fourth-order valence-corrected chi connectivity index (χ4v) is 4.16. The van der Waals surface area contributed by atoms with Crippen molar-refractivity contribution in [3.05, 3.63) is 28.0 Å². The number of hydrogen-bond acceptors (Lipinski definition) is 7. The summed E-state index contributed by atoms with van der Waals surface area (Å²) < 4.78 is 40.1. The van der Waals surface area contributed by atoms with Gasteiger partial charge in [-0.3, -0.25) is 0 Å². The van der Waals surface area contributed by atoms with E-state index in [0.717, 1.165) is 34.0 Å². The number of aryl methyl sites for hydroxylation is 1. The molecule has 11 heteroatoms. The summed E-state index contributed by atoms with van der Waals surface area (Å²) in [4.78, 5) is 6.95. The molecule has 0 atom stereocenters. The van der Waals surface area contributed by atoms with Crippen molar-refractivity contribution in [3.63, 3.8) is 0 Å². The molecule has 4 rings (SSSR count). The Bertz CT molecular complexity index is 989. The summed E-state index contributed by atoms with van der Waals surface area (Å²) in [7, 11) is 0. The molecule has 1 fully saturated rings. The lowest BCUT2D eigenvalue weighted by Crippen LogP contribution is -2.17. The summed E-state index contributed by atoms with van der Waals surface area (Å²) in [5, 5.41) is 17.2. The van der Waals surface area contributed by atoms with Gasteiger partial charge in [-0.15, -0.1) is 26.6 Å². The molecule has 0 aliphatic carbocycles. The summed E-state index contributed by atoms with van der Waals surface area (Å²) in [6.45, 7) is 6.14. The van der Waals surface area contributed by atoms with Crippen LogP contribution in [0.15, 0.2) is 5.38 Å². The highest BCUT2D eigenvalue weighted by Gasteiger charge is 2.38. The van der Waals surface area contributed by atoms with Crippen molar-refractivity contribution in [2.75, 3.05) is 29.9 Å². The Morgan fingerprint density at radius 1 is 1.14 bits per heavy atom. The van der Waals surface area contributed by atoms with Crippen molar-refractivity contribution < 1.29 is 13.2 Å². The minimum Gasteiger partial charge on any atom is -0.368 e. The molecular weight excluding hydrogens is 391 g/mol. The van der Waals surface area contributed by atoms with E-state index in [-0.39, 0.29) is 5.65 Å². The van der Waals surface area contributed by atoms with Gasteiger partial charge < -0.3 is 10.2 Å². The summed E-state index contributed by atoms with van der Waals surface area (Å²) >= 11 is 1.63. The number of alkyl halides is 3. The van der Waals surface area contributed by atoms with Gasteiger partial charge in [-0.25, -0.2) is 4.98 Å². The van der Waals surface area contributed by atoms with Gasteiger partial charge in [0, 0.05) is 37.0 Å². The second-order valence-corrected chi connectivity index (χ2v) is 7.68. The molecule has 1 aliphatic rings. The predicted octanol–water partition coefficient (Wildman–Crippen LogP) is 3.47. The van der Waals surface area contributed by atoms with E-state index in [1.807, 2.05) is 5.38 Å². The van der Waals surface area contributed by atoms with Gasteiger partial charge in [-0.05, 0) is 32.3 Å². The van der Waals surface area contributed by atoms with Gasteiger partial charge in [0.25, 0.3) is 5.82 Å². The van der Waals surface area contributed by atoms with E-state index in [4.69, 9.17) is 0 Å². The third kappa shape index (κ3) is 3.50. The second kappa shape index (κ2) is 7.19. The molecule has 0 radical (unpaired) electrons.